The maximum absolute atomic E-state index is 11.0. The van der Waals surface area contributed by atoms with Crippen LogP contribution in [0, 0.1) is 0 Å². The lowest BCUT2D eigenvalue weighted by atomic mass is 10.3. The van der Waals surface area contributed by atoms with Crippen molar-refractivity contribution >= 4 is 33.9 Å². The summed E-state index contributed by atoms with van der Waals surface area (Å²) in [6, 6.07) is 0. The van der Waals surface area contributed by atoms with Crippen molar-refractivity contribution in [3.05, 3.63) is 27.9 Å². The molecular formula is C6H5Cl2N3O. The Morgan fingerprint density at radius 2 is 2.25 bits per heavy atom. The lowest BCUT2D eigenvalue weighted by Gasteiger charge is -2.00. The van der Waals surface area contributed by atoms with Gasteiger partial charge in [0.15, 0.2) is 0 Å². The summed E-state index contributed by atoms with van der Waals surface area (Å²) in [5, 5.41) is 0.0199. The van der Waals surface area contributed by atoms with Crippen LogP contribution in [0.1, 0.15) is 5.69 Å². The number of hydrogen-bond acceptors (Lipinski definition) is 3. The van der Waals surface area contributed by atoms with E-state index >= 15 is 0 Å². The minimum absolute atomic E-state index is 0.0639. The molecule has 3 N–H and O–H groups in total. The fraction of sp³-hybridized carbons (Fsp3) is 0. The first-order chi connectivity index (χ1) is 5.52. The van der Waals surface area contributed by atoms with Crippen LogP contribution in [0.15, 0.2) is 11.4 Å². The standard InChI is InChI=1S/C6H5Cl2N3O/c1-2(7)4-3(9)5(12)11-6(8)10-4/h1,9H2,(H,10,11,12). The van der Waals surface area contributed by atoms with E-state index in [1.54, 1.807) is 0 Å². The van der Waals surface area contributed by atoms with Crippen LogP contribution >= 0.6 is 23.2 Å². The molecule has 0 atom stereocenters. The van der Waals surface area contributed by atoms with Crippen LogP contribution in [0.4, 0.5) is 5.69 Å². The minimum Gasteiger partial charge on any atom is -0.392 e. The molecule has 0 aliphatic carbocycles. The second kappa shape index (κ2) is 3.16. The number of hydrogen-bond donors (Lipinski definition) is 2. The van der Waals surface area contributed by atoms with E-state index in [1.165, 1.54) is 0 Å². The summed E-state index contributed by atoms with van der Waals surface area (Å²) in [5.74, 6) is 0. The Labute approximate surface area is 78.0 Å². The number of nitrogens with two attached hydrogens (primary N) is 1. The minimum atomic E-state index is -0.521. The van der Waals surface area contributed by atoms with E-state index < -0.39 is 5.56 Å². The zero-order chi connectivity index (χ0) is 9.30. The monoisotopic (exact) mass is 205 g/mol. The van der Waals surface area contributed by atoms with Crippen molar-refractivity contribution in [3.63, 3.8) is 0 Å². The first kappa shape index (κ1) is 9.09. The van der Waals surface area contributed by atoms with Crippen molar-refractivity contribution in [1.82, 2.24) is 9.97 Å². The second-order valence-electron chi connectivity index (χ2n) is 2.02. The molecule has 0 radical (unpaired) electrons. The van der Waals surface area contributed by atoms with Gasteiger partial charge < -0.3 is 5.73 Å². The molecule has 0 saturated heterocycles. The molecule has 0 unspecified atom stereocenters. The van der Waals surface area contributed by atoms with Crippen molar-refractivity contribution in [3.8, 4) is 0 Å². The number of nitrogen functional groups attached to an aromatic ring is 1. The highest BCUT2D eigenvalue weighted by molar-refractivity contribution is 6.48. The number of halogens is 2. The van der Waals surface area contributed by atoms with Gasteiger partial charge >= 0.3 is 0 Å². The molecule has 1 aromatic rings. The second-order valence-corrected chi connectivity index (χ2v) is 2.84. The molecule has 1 heterocycles. The molecule has 1 rings (SSSR count). The molecule has 0 aromatic carbocycles. The number of aromatic amines is 1. The van der Waals surface area contributed by atoms with Crippen LogP contribution < -0.4 is 11.3 Å². The van der Waals surface area contributed by atoms with E-state index in [0.29, 0.717) is 0 Å². The maximum Gasteiger partial charge on any atom is 0.275 e. The average molecular weight is 206 g/mol. The lowest BCUT2D eigenvalue weighted by Crippen LogP contribution is -2.15. The zero-order valence-electron chi connectivity index (χ0n) is 5.90. The first-order valence-corrected chi connectivity index (χ1v) is 3.68. The Morgan fingerprint density at radius 1 is 1.67 bits per heavy atom. The molecule has 4 nitrogen and oxygen atoms in total. The number of aromatic nitrogens is 2. The van der Waals surface area contributed by atoms with Crippen LogP contribution in [0.5, 0.6) is 0 Å². The van der Waals surface area contributed by atoms with Gasteiger partial charge in [0, 0.05) is 0 Å². The highest BCUT2D eigenvalue weighted by atomic mass is 35.5. The molecule has 0 aliphatic heterocycles. The van der Waals surface area contributed by atoms with Crippen molar-refractivity contribution in [2.24, 2.45) is 0 Å². The Bertz CT molecular complexity index is 385. The normalized spacial score (nSPS) is 9.83. The van der Waals surface area contributed by atoms with Crippen LogP contribution in [0.25, 0.3) is 5.03 Å². The molecule has 1 aromatic heterocycles. The molecule has 12 heavy (non-hydrogen) atoms. The summed E-state index contributed by atoms with van der Waals surface area (Å²) in [5.41, 5.74) is 4.85. The predicted octanol–water partition coefficient (Wildman–Crippen LogP) is 1.22. The summed E-state index contributed by atoms with van der Waals surface area (Å²) >= 11 is 10.9. The third-order valence-electron chi connectivity index (χ3n) is 1.18. The molecule has 0 aliphatic rings. The van der Waals surface area contributed by atoms with Crippen LogP contribution in [-0.2, 0) is 0 Å². The van der Waals surface area contributed by atoms with Crippen molar-refractivity contribution in [2.45, 2.75) is 0 Å². The topological polar surface area (TPSA) is 71.8 Å². The molecule has 0 bridgehead atoms. The van der Waals surface area contributed by atoms with Crippen molar-refractivity contribution < 1.29 is 0 Å². The van der Waals surface area contributed by atoms with Gasteiger partial charge in [-0.2, -0.15) is 0 Å². The fourth-order valence-corrected chi connectivity index (χ4v) is 0.976. The van der Waals surface area contributed by atoms with E-state index in [4.69, 9.17) is 28.9 Å². The van der Waals surface area contributed by atoms with Gasteiger partial charge in [0.25, 0.3) is 5.56 Å². The van der Waals surface area contributed by atoms with Gasteiger partial charge in [-0.05, 0) is 11.6 Å². The average Bonchev–Trinajstić information content (AvgIpc) is 1.96. The summed E-state index contributed by atoms with van der Waals surface area (Å²) in [6.45, 7) is 3.38. The van der Waals surface area contributed by atoms with Gasteiger partial charge in [0.1, 0.15) is 11.4 Å². The fourth-order valence-electron chi connectivity index (χ4n) is 0.662. The van der Waals surface area contributed by atoms with Gasteiger partial charge in [-0.3, -0.25) is 9.78 Å². The highest BCUT2D eigenvalue weighted by Crippen LogP contribution is 2.18. The molecular weight excluding hydrogens is 201 g/mol. The molecule has 6 heteroatoms. The van der Waals surface area contributed by atoms with Gasteiger partial charge in [0.2, 0.25) is 5.28 Å². The van der Waals surface area contributed by atoms with E-state index in [9.17, 15) is 4.79 Å². The molecule has 0 fully saturated rings. The third kappa shape index (κ3) is 1.60. The Morgan fingerprint density at radius 3 is 2.75 bits per heavy atom. The van der Waals surface area contributed by atoms with Gasteiger partial charge in [-0.1, -0.05) is 18.2 Å². The van der Waals surface area contributed by atoms with E-state index in [2.05, 4.69) is 16.5 Å². The van der Waals surface area contributed by atoms with E-state index in [-0.39, 0.29) is 21.7 Å². The predicted molar refractivity (Wildman–Crippen MR) is 49.2 cm³/mol. The summed E-state index contributed by atoms with van der Waals surface area (Å²) in [4.78, 5) is 16.9. The summed E-state index contributed by atoms with van der Waals surface area (Å²) in [6.07, 6.45) is 0. The smallest absolute Gasteiger partial charge is 0.275 e. The van der Waals surface area contributed by atoms with Crippen LogP contribution in [0.3, 0.4) is 0 Å². The van der Waals surface area contributed by atoms with Crippen LogP contribution in [-0.4, -0.2) is 9.97 Å². The lowest BCUT2D eigenvalue weighted by molar-refractivity contribution is 1.11. The molecule has 64 valence electrons. The van der Waals surface area contributed by atoms with E-state index in [0.717, 1.165) is 0 Å². The van der Waals surface area contributed by atoms with E-state index in [1.807, 2.05) is 0 Å². The maximum atomic E-state index is 11.0. The summed E-state index contributed by atoms with van der Waals surface area (Å²) in [7, 11) is 0. The number of nitrogens with zero attached hydrogens (tertiary/aromatic N) is 1. The Balaban J connectivity index is 3.48. The highest BCUT2D eigenvalue weighted by Gasteiger charge is 2.08. The number of anilines is 1. The van der Waals surface area contributed by atoms with Gasteiger partial charge in [-0.15, -0.1) is 0 Å². The number of nitrogens with one attached hydrogen (secondary N) is 1. The van der Waals surface area contributed by atoms with Crippen molar-refractivity contribution in [1.29, 1.82) is 0 Å². The van der Waals surface area contributed by atoms with Gasteiger partial charge in [0.05, 0.1) is 5.03 Å². The number of H-pyrrole nitrogens is 1. The van der Waals surface area contributed by atoms with Crippen molar-refractivity contribution in [2.75, 3.05) is 5.73 Å². The first-order valence-electron chi connectivity index (χ1n) is 2.92. The zero-order valence-corrected chi connectivity index (χ0v) is 7.41. The molecule has 0 saturated carbocycles. The molecule has 0 spiro atoms. The third-order valence-corrected chi connectivity index (χ3v) is 1.54. The Hall–Kier alpha value is -1.00. The van der Waals surface area contributed by atoms with Gasteiger partial charge in [-0.25, -0.2) is 4.98 Å². The molecule has 0 amide bonds. The summed E-state index contributed by atoms with van der Waals surface area (Å²) < 4.78 is 0. The largest absolute Gasteiger partial charge is 0.392 e. The van der Waals surface area contributed by atoms with Crippen LogP contribution in [0.2, 0.25) is 5.28 Å². The number of rotatable bonds is 1. The quantitative estimate of drug-likeness (QED) is 0.678. The SMILES string of the molecule is C=C(Cl)c1nc(Cl)[nH]c(=O)c1N. The Kier molecular flexibility index (Phi) is 2.40.